The molecule has 1 aliphatic heterocycles. The molecule has 252 valence electrons. The van der Waals surface area contributed by atoms with Crippen LogP contribution in [0.15, 0.2) is 30.3 Å². The predicted molar refractivity (Wildman–Crippen MR) is 174 cm³/mol. The summed E-state index contributed by atoms with van der Waals surface area (Å²) in [6.07, 6.45) is 7.37. The minimum absolute atomic E-state index is 0.00328. The van der Waals surface area contributed by atoms with Gasteiger partial charge in [0.05, 0.1) is 31.4 Å². The van der Waals surface area contributed by atoms with Crippen LogP contribution in [-0.4, -0.2) is 88.8 Å². The van der Waals surface area contributed by atoms with Gasteiger partial charge in [0.15, 0.2) is 0 Å². The van der Waals surface area contributed by atoms with Crippen molar-refractivity contribution in [1.82, 2.24) is 15.1 Å². The molecule has 1 aromatic rings. The maximum absolute atomic E-state index is 14.1. The van der Waals surface area contributed by atoms with Crippen molar-refractivity contribution in [3.05, 3.63) is 35.9 Å². The van der Waals surface area contributed by atoms with Gasteiger partial charge in [-0.25, -0.2) is 0 Å². The van der Waals surface area contributed by atoms with Gasteiger partial charge in [-0.15, -0.1) is 0 Å². The molecule has 3 aliphatic rings. The molecule has 5 atom stereocenters. The van der Waals surface area contributed by atoms with Crippen LogP contribution in [0, 0.1) is 23.7 Å². The Hall–Kier alpha value is -2.49. The van der Waals surface area contributed by atoms with Crippen molar-refractivity contribution < 1.29 is 29.3 Å². The van der Waals surface area contributed by atoms with Gasteiger partial charge in [-0.3, -0.25) is 14.4 Å². The number of rotatable bonds is 16. The number of carbonyl (C=O) groups excluding carboxylic acids is 3. The van der Waals surface area contributed by atoms with E-state index in [4.69, 9.17) is 4.74 Å². The van der Waals surface area contributed by atoms with E-state index in [2.05, 4.69) is 5.32 Å². The van der Waals surface area contributed by atoms with Crippen LogP contribution in [0.3, 0.4) is 0 Å². The van der Waals surface area contributed by atoms with Crippen LogP contribution in [-0.2, 0) is 19.1 Å². The van der Waals surface area contributed by atoms with Crippen molar-refractivity contribution in [3.63, 3.8) is 0 Å². The Labute approximate surface area is 270 Å². The SMILES string of the molecule is CC(C)C[C@H](O)[C@H](O)[C@H](CC1CCCCC1)NC(=O)[C@@H](CC(=O)N(CC(=O)N1CCOCC1)[C@@H](C)c1ccccc1)CC1CC1. The second-order valence-corrected chi connectivity index (χ2v) is 14.2. The number of nitrogens with zero attached hydrogens (tertiary/aromatic N) is 2. The van der Waals surface area contributed by atoms with E-state index in [0.29, 0.717) is 57.4 Å². The van der Waals surface area contributed by atoms with Gasteiger partial charge in [0.25, 0.3) is 0 Å². The Morgan fingerprint density at radius 2 is 1.58 bits per heavy atom. The van der Waals surface area contributed by atoms with Crippen molar-refractivity contribution in [2.24, 2.45) is 23.7 Å². The maximum atomic E-state index is 14.1. The van der Waals surface area contributed by atoms with Crippen LogP contribution in [0.5, 0.6) is 0 Å². The first-order valence-corrected chi connectivity index (χ1v) is 17.5. The monoisotopic (exact) mass is 627 g/mol. The quantitative estimate of drug-likeness (QED) is 0.249. The molecule has 2 saturated carbocycles. The zero-order valence-electron chi connectivity index (χ0n) is 27.7. The largest absolute Gasteiger partial charge is 0.390 e. The Balaban J connectivity index is 1.51. The molecule has 3 N–H and O–H groups in total. The first-order valence-electron chi connectivity index (χ1n) is 17.5. The second-order valence-electron chi connectivity index (χ2n) is 14.2. The summed E-state index contributed by atoms with van der Waals surface area (Å²) < 4.78 is 5.42. The number of carbonyl (C=O) groups is 3. The topological polar surface area (TPSA) is 119 Å². The molecular formula is C36H57N3O6. The third-order valence-corrected chi connectivity index (χ3v) is 10.0. The highest BCUT2D eigenvalue weighted by Crippen LogP contribution is 2.37. The van der Waals surface area contributed by atoms with Crippen molar-refractivity contribution in [3.8, 4) is 0 Å². The predicted octanol–water partition coefficient (Wildman–Crippen LogP) is 4.46. The van der Waals surface area contributed by atoms with Crippen molar-refractivity contribution in [1.29, 1.82) is 0 Å². The summed E-state index contributed by atoms with van der Waals surface area (Å²) in [6, 6.07) is 8.76. The summed E-state index contributed by atoms with van der Waals surface area (Å²) >= 11 is 0. The molecule has 3 amide bonds. The van der Waals surface area contributed by atoms with Gasteiger partial charge in [-0.1, -0.05) is 89.1 Å². The normalized spacial score (nSPS) is 21.1. The maximum Gasteiger partial charge on any atom is 0.242 e. The molecule has 0 radical (unpaired) electrons. The molecule has 1 saturated heterocycles. The van der Waals surface area contributed by atoms with E-state index in [9.17, 15) is 24.6 Å². The number of amides is 3. The van der Waals surface area contributed by atoms with Crippen LogP contribution >= 0.6 is 0 Å². The fourth-order valence-corrected chi connectivity index (χ4v) is 7.03. The molecule has 1 aromatic carbocycles. The third-order valence-electron chi connectivity index (χ3n) is 10.0. The van der Waals surface area contributed by atoms with E-state index < -0.39 is 24.2 Å². The molecule has 9 heteroatoms. The summed E-state index contributed by atoms with van der Waals surface area (Å²) in [6.45, 7) is 7.86. The van der Waals surface area contributed by atoms with E-state index in [1.165, 1.54) is 6.42 Å². The minimum Gasteiger partial charge on any atom is -0.390 e. The molecule has 9 nitrogen and oxygen atoms in total. The van der Waals surface area contributed by atoms with Gasteiger partial charge >= 0.3 is 0 Å². The first-order chi connectivity index (χ1) is 21.6. The minimum atomic E-state index is -1.07. The number of morpholine rings is 1. The van der Waals surface area contributed by atoms with Gasteiger partial charge < -0.3 is 30.1 Å². The van der Waals surface area contributed by atoms with Crippen LogP contribution in [0.25, 0.3) is 0 Å². The van der Waals surface area contributed by atoms with Crippen LogP contribution in [0.2, 0.25) is 0 Å². The molecule has 2 aliphatic carbocycles. The van der Waals surface area contributed by atoms with E-state index in [-0.39, 0.29) is 42.6 Å². The Bertz CT molecular complexity index is 1070. The number of hydrogen-bond donors (Lipinski definition) is 3. The second kappa shape index (κ2) is 17.4. The van der Waals surface area contributed by atoms with E-state index in [1.807, 2.05) is 51.1 Å². The van der Waals surface area contributed by atoms with Gasteiger partial charge in [0, 0.05) is 25.4 Å². The Kier molecular flexibility index (Phi) is 13.7. The van der Waals surface area contributed by atoms with E-state index in [0.717, 1.165) is 44.1 Å². The fraction of sp³-hybridized carbons (Fsp3) is 0.750. The molecule has 0 bridgehead atoms. The van der Waals surface area contributed by atoms with Crippen LogP contribution < -0.4 is 5.32 Å². The summed E-state index contributed by atoms with van der Waals surface area (Å²) in [5.74, 6) is -0.154. The fourth-order valence-electron chi connectivity index (χ4n) is 7.03. The average molecular weight is 628 g/mol. The van der Waals surface area contributed by atoms with E-state index in [1.54, 1.807) is 9.80 Å². The summed E-state index contributed by atoms with van der Waals surface area (Å²) in [7, 11) is 0. The van der Waals surface area contributed by atoms with Crippen molar-refractivity contribution >= 4 is 17.7 Å². The molecule has 3 fully saturated rings. The lowest BCUT2D eigenvalue weighted by Gasteiger charge is -2.35. The summed E-state index contributed by atoms with van der Waals surface area (Å²) in [5.41, 5.74) is 0.929. The smallest absolute Gasteiger partial charge is 0.242 e. The van der Waals surface area contributed by atoms with Gasteiger partial charge in [-0.2, -0.15) is 0 Å². The van der Waals surface area contributed by atoms with Crippen LogP contribution in [0.1, 0.15) is 103 Å². The highest BCUT2D eigenvalue weighted by molar-refractivity contribution is 5.89. The Morgan fingerprint density at radius 3 is 2.20 bits per heavy atom. The lowest BCUT2D eigenvalue weighted by atomic mass is 9.82. The third kappa shape index (κ3) is 11.1. The van der Waals surface area contributed by atoms with Crippen LogP contribution in [0.4, 0.5) is 0 Å². The number of hydrogen-bond acceptors (Lipinski definition) is 6. The molecule has 1 heterocycles. The highest BCUT2D eigenvalue weighted by Gasteiger charge is 2.37. The highest BCUT2D eigenvalue weighted by atomic mass is 16.5. The van der Waals surface area contributed by atoms with Crippen molar-refractivity contribution in [2.75, 3.05) is 32.8 Å². The molecule has 0 aromatic heterocycles. The number of nitrogens with one attached hydrogen (secondary N) is 1. The van der Waals surface area contributed by atoms with E-state index >= 15 is 0 Å². The van der Waals surface area contributed by atoms with Gasteiger partial charge in [0.1, 0.15) is 12.6 Å². The molecule has 45 heavy (non-hydrogen) atoms. The Morgan fingerprint density at radius 1 is 0.933 bits per heavy atom. The number of aliphatic hydroxyl groups excluding tert-OH is 2. The molecular weight excluding hydrogens is 570 g/mol. The lowest BCUT2D eigenvalue weighted by Crippen LogP contribution is -2.52. The zero-order valence-corrected chi connectivity index (χ0v) is 27.7. The average Bonchev–Trinajstić information content (AvgIpc) is 3.87. The number of ether oxygens (including phenoxy) is 1. The molecule has 4 rings (SSSR count). The lowest BCUT2D eigenvalue weighted by molar-refractivity contribution is -0.146. The first kappa shape index (κ1) is 35.4. The summed E-state index contributed by atoms with van der Waals surface area (Å²) in [5, 5.41) is 25.3. The standard InChI is InChI=1S/C36H57N3O6/c1-25(2)20-32(40)35(43)31(22-27-10-6-4-7-11-27)37-36(44)30(21-28-14-15-28)23-33(41)39(26(3)29-12-8-5-9-13-29)24-34(42)38-16-18-45-19-17-38/h5,8-9,12-13,25-28,30-32,35,40,43H,4,6-7,10-11,14-24H2,1-3H3,(H,37,44)/t26-,30+,31-,32-,35+/m0/s1. The van der Waals surface area contributed by atoms with Crippen molar-refractivity contribution in [2.45, 2.75) is 116 Å². The zero-order chi connectivity index (χ0) is 32.3. The molecule has 0 unspecified atom stereocenters. The summed E-state index contributed by atoms with van der Waals surface area (Å²) in [4.78, 5) is 44.9. The molecule has 0 spiro atoms. The number of benzene rings is 1. The number of aliphatic hydroxyl groups is 2. The van der Waals surface area contributed by atoms with Gasteiger partial charge in [0.2, 0.25) is 17.7 Å². The van der Waals surface area contributed by atoms with Gasteiger partial charge in [-0.05, 0) is 49.5 Å².